The highest BCUT2D eigenvalue weighted by Gasteiger charge is 2.43. The number of benzene rings is 1. The Bertz CT molecular complexity index is 981. The summed E-state index contributed by atoms with van der Waals surface area (Å²) >= 11 is 0. The zero-order valence-electron chi connectivity index (χ0n) is 16.9. The molecular weight excluding hydrogens is 395 g/mol. The summed E-state index contributed by atoms with van der Waals surface area (Å²) in [6.45, 7) is 1.27. The van der Waals surface area contributed by atoms with Gasteiger partial charge in [0.25, 0.3) is 0 Å². The third kappa shape index (κ3) is 3.53. The number of amides is 1. The molecule has 1 unspecified atom stereocenters. The zero-order valence-corrected chi connectivity index (χ0v) is 16.9. The Balaban J connectivity index is 1.57. The number of halogens is 3. The van der Waals surface area contributed by atoms with Crippen molar-refractivity contribution in [2.24, 2.45) is 5.92 Å². The molecule has 0 fully saturated rings. The Morgan fingerprint density at radius 3 is 2.70 bits per heavy atom. The molecule has 0 aliphatic heterocycles. The number of carbonyl (C=O) groups excluding carboxylic acids is 1. The fraction of sp³-hybridized carbons (Fsp3) is 0.455. The lowest BCUT2D eigenvalue weighted by Crippen LogP contribution is -2.44. The first kappa shape index (κ1) is 20.7. The molecule has 3 atom stereocenters. The van der Waals surface area contributed by atoms with Crippen LogP contribution in [0.4, 0.5) is 13.2 Å². The maximum Gasteiger partial charge on any atom is 0.416 e. The standard InChI is InChI=1S/C22H24F3N3O2/c1-13-17-11-26-28(15-6-4-3-5-7-15)18(17)10-14-8-9-16(20(13)14)21(30)27(2)12-19(29)22(23,24)25/h3-7,11,13,16,19,29H,8-10,12H2,1-2H3/t13-,16+,19?/m0/s1. The van der Waals surface area contributed by atoms with Crippen molar-refractivity contribution in [2.75, 3.05) is 13.6 Å². The molecule has 1 amide bonds. The van der Waals surface area contributed by atoms with Crippen LogP contribution in [-0.2, 0) is 11.2 Å². The van der Waals surface area contributed by atoms with Crippen LogP contribution in [-0.4, -0.2) is 51.6 Å². The summed E-state index contributed by atoms with van der Waals surface area (Å²) in [6, 6.07) is 9.83. The number of fused-ring (bicyclic) bond motifs is 1. The number of likely N-dealkylation sites (N-methyl/N-ethyl adjacent to an activating group) is 1. The highest BCUT2D eigenvalue weighted by Crippen LogP contribution is 2.47. The molecule has 1 aromatic carbocycles. The largest absolute Gasteiger partial charge is 0.416 e. The number of allylic oxidation sites excluding steroid dienone is 1. The highest BCUT2D eigenvalue weighted by atomic mass is 19.4. The predicted molar refractivity (Wildman–Crippen MR) is 105 cm³/mol. The van der Waals surface area contributed by atoms with E-state index in [1.54, 1.807) is 0 Å². The van der Waals surface area contributed by atoms with E-state index in [4.69, 9.17) is 0 Å². The number of aromatic nitrogens is 2. The number of hydrogen-bond donors (Lipinski definition) is 1. The van der Waals surface area contributed by atoms with Crippen molar-refractivity contribution in [1.82, 2.24) is 14.7 Å². The van der Waals surface area contributed by atoms with E-state index in [2.05, 4.69) is 5.10 Å². The van der Waals surface area contributed by atoms with Gasteiger partial charge in [0.2, 0.25) is 5.91 Å². The van der Waals surface area contributed by atoms with E-state index in [1.165, 1.54) is 12.6 Å². The molecule has 2 aromatic rings. The normalized spacial score (nSPS) is 21.9. The summed E-state index contributed by atoms with van der Waals surface area (Å²) < 4.78 is 40.0. The van der Waals surface area contributed by atoms with Crippen LogP contribution in [0, 0.1) is 5.92 Å². The minimum atomic E-state index is -4.74. The second-order valence-corrected chi connectivity index (χ2v) is 8.12. The van der Waals surface area contributed by atoms with E-state index in [0.29, 0.717) is 12.8 Å². The van der Waals surface area contributed by atoms with Gasteiger partial charge in [-0.25, -0.2) is 4.68 Å². The summed E-state index contributed by atoms with van der Waals surface area (Å²) in [4.78, 5) is 13.9. The molecule has 0 spiro atoms. The first-order valence-corrected chi connectivity index (χ1v) is 10.0. The number of para-hydroxylation sites is 1. The number of carbonyl (C=O) groups is 1. The second kappa shape index (κ2) is 7.58. The van der Waals surface area contributed by atoms with Crippen LogP contribution in [0.1, 0.15) is 36.9 Å². The first-order chi connectivity index (χ1) is 14.2. The number of aliphatic hydroxyl groups is 1. The van der Waals surface area contributed by atoms with Crippen molar-refractivity contribution in [3.05, 3.63) is 58.9 Å². The van der Waals surface area contributed by atoms with Gasteiger partial charge in [-0.1, -0.05) is 36.3 Å². The third-order valence-electron chi connectivity index (χ3n) is 6.23. The molecule has 4 rings (SSSR count). The molecule has 30 heavy (non-hydrogen) atoms. The number of hydrogen-bond acceptors (Lipinski definition) is 3. The van der Waals surface area contributed by atoms with Crippen LogP contribution < -0.4 is 0 Å². The lowest BCUT2D eigenvalue weighted by atomic mass is 9.79. The Labute approximate surface area is 172 Å². The first-order valence-electron chi connectivity index (χ1n) is 10.0. The molecule has 8 heteroatoms. The highest BCUT2D eigenvalue weighted by molar-refractivity contribution is 5.83. The monoisotopic (exact) mass is 419 g/mol. The van der Waals surface area contributed by atoms with Crippen molar-refractivity contribution >= 4 is 5.91 Å². The van der Waals surface area contributed by atoms with Gasteiger partial charge in [0.1, 0.15) is 0 Å². The van der Waals surface area contributed by atoms with Crippen LogP contribution >= 0.6 is 0 Å². The van der Waals surface area contributed by atoms with Crippen molar-refractivity contribution in [3.8, 4) is 5.69 Å². The Morgan fingerprint density at radius 1 is 1.33 bits per heavy atom. The van der Waals surface area contributed by atoms with E-state index in [1.807, 2.05) is 48.1 Å². The maximum atomic E-state index is 12.9. The number of aliphatic hydroxyl groups excluding tert-OH is 1. The SMILES string of the molecule is C[C@@H]1C2=C(CC[C@H]2C(=O)N(C)CC(O)C(F)(F)F)Cc2c1cnn2-c1ccccc1. The van der Waals surface area contributed by atoms with Gasteiger partial charge in [-0.2, -0.15) is 18.3 Å². The molecule has 0 saturated heterocycles. The van der Waals surface area contributed by atoms with E-state index < -0.39 is 24.7 Å². The van der Waals surface area contributed by atoms with Gasteiger partial charge in [-0.15, -0.1) is 0 Å². The quantitative estimate of drug-likeness (QED) is 0.771. The zero-order chi connectivity index (χ0) is 21.6. The molecule has 0 saturated carbocycles. The predicted octanol–water partition coefficient (Wildman–Crippen LogP) is 3.62. The van der Waals surface area contributed by atoms with Crippen LogP contribution in [0.25, 0.3) is 5.69 Å². The number of rotatable bonds is 4. The lowest BCUT2D eigenvalue weighted by molar-refractivity contribution is -0.207. The van der Waals surface area contributed by atoms with Gasteiger partial charge < -0.3 is 10.0 Å². The lowest BCUT2D eigenvalue weighted by Gasteiger charge is -2.30. The summed E-state index contributed by atoms with van der Waals surface area (Å²) in [5.74, 6) is -0.846. The van der Waals surface area contributed by atoms with E-state index in [-0.39, 0.29) is 11.8 Å². The van der Waals surface area contributed by atoms with Gasteiger partial charge in [0.05, 0.1) is 30.0 Å². The van der Waals surface area contributed by atoms with Gasteiger partial charge in [-0.3, -0.25) is 4.79 Å². The summed E-state index contributed by atoms with van der Waals surface area (Å²) in [6.07, 6.45) is -3.45. The summed E-state index contributed by atoms with van der Waals surface area (Å²) in [5, 5.41) is 13.9. The second-order valence-electron chi connectivity index (χ2n) is 8.12. The smallest absolute Gasteiger partial charge is 0.382 e. The van der Waals surface area contributed by atoms with Gasteiger partial charge >= 0.3 is 6.18 Å². The van der Waals surface area contributed by atoms with Crippen molar-refractivity contribution in [3.63, 3.8) is 0 Å². The fourth-order valence-corrected chi connectivity index (χ4v) is 4.73. The van der Waals surface area contributed by atoms with E-state index in [9.17, 15) is 23.1 Å². The molecular formula is C22H24F3N3O2. The Morgan fingerprint density at radius 2 is 2.03 bits per heavy atom. The Hall–Kier alpha value is -2.61. The molecule has 0 radical (unpaired) electrons. The van der Waals surface area contributed by atoms with Crippen LogP contribution in [0.15, 0.2) is 47.7 Å². The fourth-order valence-electron chi connectivity index (χ4n) is 4.73. The molecule has 2 aliphatic rings. The number of nitrogens with zero attached hydrogens (tertiary/aromatic N) is 3. The molecule has 1 heterocycles. The summed E-state index contributed by atoms with van der Waals surface area (Å²) in [5.41, 5.74) is 5.31. The van der Waals surface area contributed by atoms with Crippen LogP contribution in [0.5, 0.6) is 0 Å². The number of alkyl halides is 3. The van der Waals surface area contributed by atoms with Crippen molar-refractivity contribution < 1.29 is 23.1 Å². The van der Waals surface area contributed by atoms with Gasteiger partial charge in [0, 0.05) is 24.9 Å². The Kier molecular flexibility index (Phi) is 5.22. The average Bonchev–Trinajstić information content (AvgIpc) is 3.32. The molecule has 1 aromatic heterocycles. The van der Waals surface area contributed by atoms with Crippen molar-refractivity contribution in [2.45, 2.75) is 44.4 Å². The molecule has 0 bridgehead atoms. The minimum absolute atomic E-state index is 0.0291. The topological polar surface area (TPSA) is 58.4 Å². The molecule has 1 N–H and O–H groups in total. The molecule has 5 nitrogen and oxygen atoms in total. The third-order valence-corrected chi connectivity index (χ3v) is 6.23. The van der Waals surface area contributed by atoms with Crippen LogP contribution in [0.3, 0.4) is 0 Å². The minimum Gasteiger partial charge on any atom is -0.382 e. The van der Waals surface area contributed by atoms with Gasteiger partial charge in [-0.05, 0) is 25.0 Å². The van der Waals surface area contributed by atoms with Crippen molar-refractivity contribution in [1.29, 1.82) is 0 Å². The van der Waals surface area contributed by atoms with E-state index in [0.717, 1.165) is 33.8 Å². The molecule has 2 aliphatic carbocycles. The maximum absolute atomic E-state index is 12.9. The molecule has 160 valence electrons. The van der Waals surface area contributed by atoms with E-state index >= 15 is 0 Å². The van der Waals surface area contributed by atoms with Crippen LogP contribution in [0.2, 0.25) is 0 Å². The summed E-state index contributed by atoms with van der Waals surface area (Å²) in [7, 11) is 1.32. The van der Waals surface area contributed by atoms with Gasteiger partial charge in [0.15, 0.2) is 6.10 Å². The average molecular weight is 419 g/mol.